The van der Waals surface area contributed by atoms with E-state index in [2.05, 4.69) is 15.0 Å². The molecule has 2 heterocycles. The number of fused-ring (bicyclic) bond motifs is 1. The molecule has 0 spiro atoms. The molecule has 12 heavy (non-hydrogen) atoms. The predicted octanol–water partition coefficient (Wildman–Crippen LogP) is 0.0523. The Kier molecular flexibility index (Phi) is 1.34. The van der Waals surface area contributed by atoms with Crippen LogP contribution in [0.3, 0.4) is 0 Å². The Balaban J connectivity index is 2.84. The Morgan fingerprint density at radius 1 is 1.58 bits per heavy atom. The van der Waals surface area contributed by atoms with E-state index in [4.69, 9.17) is 5.21 Å². The van der Waals surface area contributed by atoms with Gasteiger partial charge in [-0.05, 0) is 6.07 Å². The number of nitrogens with one attached hydrogen (secondary N) is 3. The Hall–Kier alpha value is -1.82. The number of nitrogens with zero attached hydrogens (tertiary/aromatic N) is 1. The zero-order valence-electron chi connectivity index (χ0n) is 5.96. The third kappa shape index (κ3) is 0.857. The van der Waals surface area contributed by atoms with Crippen LogP contribution >= 0.6 is 0 Å². The minimum Gasteiger partial charge on any atom is -0.355 e. The third-order valence-electron chi connectivity index (χ3n) is 1.52. The Morgan fingerprint density at radius 2 is 2.42 bits per heavy atom. The van der Waals surface area contributed by atoms with Gasteiger partial charge in [-0.1, -0.05) is 0 Å². The fourth-order valence-electron chi connectivity index (χ4n) is 1.01. The van der Waals surface area contributed by atoms with E-state index in [-0.39, 0.29) is 11.5 Å². The molecule has 0 amide bonds. The van der Waals surface area contributed by atoms with Crippen molar-refractivity contribution in [3.8, 4) is 0 Å². The quantitative estimate of drug-likeness (QED) is 0.450. The zero-order chi connectivity index (χ0) is 8.55. The number of aromatic amines is 2. The molecule has 0 bridgehead atoms. The first-order valence-electron chi connectivity index (χ1n) is 3.29. The van der Waals surface area contributed by atoms with Crippen LogP contribution < -0.4 is 11.0 Å². The molecule has 0 aliphatic rings. The zero-order valence-corrected chi connectivity index (χ0v) is 5.96. The van der Waals surface area contributed by atoms with Crippen molar-refractivity contribution in [2.45, 2.75) is 0 Å². The normalized spacial score (nSPS) is 10.4. The molecule has 2 rings (SSSR count). The average molecular weight is 166 g/mol. The molecule has 0 aliphatic heterocycles. The number of hydrogen-bond donors (Lipinski definition) is 4. The molecule has 0 aromatic carbocycles. The van der Waals surface area contributed by atoms with E-state index in [0.29, 0.717) is 11.0 Å². The summed E-state index contributed by atoms with van der Waals surface area (Å²) in [5, 5.41) is 8.47. The second-order valence-corrected chi connectivity index (χ2v) is 2.26. The highest BCUT2D eigenvalue weighted by molar-refractivity contribution is 5.74. The van der Waals surface area contributed by atoms with Crippen molar-refractivity contribution in [3.63, 3.8) is 0 Å². The summed E-state index contributed by atoms with van der Waals surface area (Å²) in [6.45, 7) is 0. The molecule has 6 nitrogen and oxygen atoms in total. The maximum absolute atomic E-state index is 11.1. The van der Waals surface area contributed by atoms with Crippen molar-refractivity contribution in [3.05, 3.63) is 22.6 Å². The molecule has 4 N–H and O–H groups in total. The Labute approximate surface area is 66.2 Å². The topological polar surface area (TPSA) is 93.8 Å². The van der Waals surface area contributed by atoms with Crippen molar-refractivity contribution in [2.24, 2.45) is 0 Å². The largest absolute Gasteiger partial charge is 0.355 e. The lowest BCUT2D eigenvalue weighted by Gasteiger charge is -1.95. The molecular weight excluding hydrogens is 160 g/mol. The lowest BCUT2D eigenvalue weighted by molar-refractivity contribution is 0.382. The number of anilines is 1. The van der Waals surface area contributed by atoms with Crippen molar-refractivity contribution in [2.75, 3.05) is 5.48 Å². The first-order chi connectivity index (χ1) is 5.81. The van der Waals surface area contributed by atoms with Gasteiger partial charge in [0, 0.05) is 6.20 Å². The maximum Gasteiger partial charge on any atom is 0.276 e. The second-order valence-electron chi connectivity index (χ2n) is 2.26. The summed E-state index contributed by atoms with van der Waals surface area (Å²) in [4.78, 5) is 20.1. The molecule has 2 aromatic heterocycles. The van der Waals surface area contributed by atoms with Crippen LogP contribution in [-0.2, 0) is 0 Å². The van der Waals surface area contributed by atoms with Crippen LogP contribution in [0.15, 0.2) is 17.1 Å². The lowest BCUT2D eigenvalue weighted by atomic mass is 10.4. The van der Waals surface area contributed by atoms with Gasteiger partial charge in [0.05, 0.1) is 5.52 Å². The fourth-order valence-corrected chi connectivity index (χ4v) is 1.01. The van der Waals surface area contributed by atoms with Gasteiger partial charge in [0.1, 0.15) is 5.52 Å². The van der Waals surface area contributed by atoms with Crippen LogP contribution in [0.2, 0.25) is 0 Å². The van der Waals surface area contributed by atoms with Crippen LogP contribution in [-0.4, -0.2) is 20.2 Å². The van der Waals surface area contributed by atoms with Gasteiger partial charge in [-0.2, -0.15) is 0 Å². The summed E-state index contributed by atoms with van der Waals surface area (Å²) in [6, 6.07) is 1.64. The minimum atomic E-state index is -0.318. The predicted molar refractivity (Wildman–Crippen MR) is 42.1 cm³/mol. The summed E-state index contributed by atoms with van der Waals surface area (Å²) in [7, 11) is 0. The van der Waals surface area contributed by atoms with Crippen LogP contribution in [0.1, 0.15) is 0 Å². The van der Waals surface area contributed by atoms with Crippen molar-refractivity contribution < 1.29 is 5.21 Å². The molecule has 2 aromatic rings. The van der Waals surface area contributed by atoms with Crippen LogP contribution in [0, 0.1) is 0 Å². The molecule has 0 saturated heterocycles. The van der Waals surface area contributed by atoms with Gasteiger partial charge in [0.2, 0.25) is 5.95 Å². The van der Waals surface area contributed by atoms with Crippen LogP contribution in [0.25, 0.3) is 11.0 Å². The highest BCUT2D eigenvalue weighted by atomic mass is 16.5. The maximum atomic E-state index is 11.1. The van der Waals surface area contributed by atoms with Gasteiger partial charge < -0.3 is 4.98 Å². The second kappa shape index (κ2) is 2.35. The van der Waals surface area contributed by atoms with Gasteiger partial charge in [-0.25, -0.2) is 10.5 Å². The van der Waals surface area contributed by atoms with Crippen LogP contribution in [0.4, 0.5) is 5.95 Å². The summed E-state index contributed by atoms with van der Waals surface area (Å²) < 4.78 is 0. The molecular formula is C6H6N4O2. The van der Waals surface area contributed by atoms with Gasteiger partial charge in [-0.3, -0.25) is 15.0 Å². The van der Waals surface area contributed by atoms with Gasteiger partial charge in [0.15, 0.2) is 0 Å². The van der Waals surface area contributed by atoms with E-state index >= 15 is 0 Å². The molecule has 6 heteroatoms. The summed E-state index contributed by atoms with van der Waals surface area (Å²) >= 11 is 0. The highest BCUT2D eigenvalue weighted by Crippen LogP contribution is 2.04. The summed E-state index contributed by atoms with van der Waals surface area (Å²) in [6.07, 6.45) is 1.61. The molecule has 62 valence electrons. The first kappa shape index (κ1) is 6.86. The molecule has 0 fully saturated rings. The Morgan fingerprint density at radius 3 is 3.17 bits per heavy atom. The molecule has 0 saturated carbocycles. The molecule has 0 atom stereocenters. The Bertz CT molecular complexity index is 458. The van der Waals surface area contributed by atoms with E-state index in [1.165, 1.54) is 0 Å². The number of hydrogen-bond acceptors (Lipinski definition) is 4. The van der Waals surface area contributed by atoms with E-state index in [9.17, 15) is 4.79 Å². The molecule has 0 aliphatic carbocycles. The number of H-pyrrole nitrogens is 2. The number of aromatic nitrogens is 3. The van der Waals surface area contributed by atoms with E-state index < -0.39 is 0 Å². The van der Waals surface area contributed by atoms with Gasteiger partial charge in [-0.15, -0.1) is 0 Å². The molecule has 0 unspecified atom stereocenters. The van der Waals surface area contributed by atoms with Crippen molar-refractivity contribution in [1.29, 1.82) is 0 Å². The monoisotopic (exact) mass is 166 g/mol. The lowest BCUT2D eigenvalue weighted by Crippen LogP contribution is -2.10. The van der Waals surface area contributed by atoms with E-state index in [0.717, 1.165) is 0 Å². The van der Waals surface area contributed by atoms with E-state index in [1.807, 2.05) is 0 Å². The fraction of sp³-hybridized carbons (Fsp3) is 0. The average Bonchev–Trinajstić information content (AvgIpc) is 2.52. The highest BCUT2D eigenvalue weighted by Gasteiger charge is 2.02. The summed E-state index contributed by atoms with van der Waals surface area (Å²) in [5.41, 5.74) is 2.36. The number of rotatable bonds is 1. The molecule has 0 radical (unpaired) electrons. The van der Waals surface area contributed by atoms with Gasteiger partial charge in [0.25, 0.3) is 5.56 Å². The van der Waals surface area contributed by atoms with Crippen LogP contribution in [0.5, 0.6) is 0 Å². The minimum absolute atomic E-state index is 0.0344. The third-order valence-corrected chi connectivity index (χ3v) is 1.52. The SMILES string of the molecule is O=c1[nH]c(NO)nc2cc[nH]c12. The standard InChI is InChI=1S/C6H6N4O2/c11-5-4-3(1-2-7-4)8-6(9-5)10-12/h1-2,7,12H,(H2,8,9,10,11). The van der Waals surface area contributed by atoms with E-state index in [1.54, 1.807) is 17.7 Å². The van der Waals surface area contributed by atoms with Gasteiger partial charge >= 0.3 is 0 Å². The summed E-state index contributed by atoms with van der Waals surface area (Å²) in [5.74, 6) is 0.0344. The van der Waals surface area contributed by atoms with Crippen molar-refractivity contribution in [1.82, 2.24) is 15.0 Å². The van der Waals surface area contributed by atoms with Crippen molar-refractivity contribution >= 4 is 17.0 Å². The smallest absolute Gasteiger partial charge is 0.276 e. The first-order valence-corrected chi connectivity index (χ1v) is 3.29.